The van der Waals surface area contributed by atoms with Crippen LogP contribution in [0.4, 0.5) is 10.1 Å². The Balaban J connectivity index is 1.84. The first-order valence-electron chi connectivity index (χ1n) is 7.49. The van der Waals surface area contributed by atoms with Gasteiger partial charge in [0.15, 0.2) is 0 Å². The van der Waals surface area contributed by atoms with E-state index in [1.54, 1.807) is 6.07 Å². The van der Waals surface area contributed by atoms with E-state index in [1.165, 1.54) is 6.07 Å². The smallest absolute Gasteiger partial charge is 0.130 e. The van der Waals surface area contributed by atoms with E-state index in [0.29, 0.717) is 5.56 Å². The van der Waals surface area contributed by atoms with E-state index in [1.807, 2.05) is 6.07 Å². The highest BCUT2D eigenvalue weighted by Gasteiger charge is 2.43. The summed E-state index contributed by atoms with van der Waals surface area (Å²) in [6.45, 7) is 1.20. The Morgan fingerprint density at radius 1 is 1.30 bits per heavy atom. The molecule has 2 atom stereocenters. The predicted molar refractivity (Wildman–Crippen MR) is 76.1 cm³/mol. The molecule has 110 valence electrons. The van der Waals surface area contributed by atoms with Crippen LogP contribution in [0.15, 0.2) is 18.2 Å². The molecular weight excluding hydrogens is 257 g/mol. The van der Waals surface area contributed by atoms with Gasteiger partial charge < -0.3 is 15.1 Å². The van der Waals surface area contributed by atoms with Crippen LogP contribution in [-0.2, 0) is 6.61 Å². The van der Waals surface area contributed by atoms with Gasteiger partial charge in [-0.25, -0.2) is 4.39 Å². The average Bonchev–Trinajstić information content (AvgIpc) is 2.46. The largest absolute Gasteiger partial charge is 0.391 e. The summed E-state index contributed by atoms with van der Waals surface area (Å²) in [5.41, 5.74) is 0.621. The summed E-state index contributed by atoms with van der Waals surface area (Å²) < 4.78 is 13.8. The molecule has 1 aromatic rings. The molecule has 20 heavy (non-hydrogen) atoms. The highest BCUT2D eigenvalue weighted by molar-refractivity contribution is 5.54. The van der Waals surface area contributed by atoms with Gasteiger partial charge in [-0.1, -0.05) is 18.9 Å². The Kier molecular flexibility index (Phi) is 3.69. The number of halogens is 1. The third kappa shape index (κ3) is 2.31. The first-order chi connectivity index (χ1) is 9.64. The van der Waals surface area contributed by atoms with E-state index < -0.39 is 5.60 Å². The number of aliphatic hydroxyl groups is 2. The lowest BCUT2D eigenvalue weighted by Crippen LogP contribution is -2.53. The lowest BCUT2D eigenvalue weighted by molar-refractivity contribution is -0.0613. The maximum Gasteiger partial charge on any atom is 0.130 e. The molecule has 1 heterocycles. The van der Waals surface area contributed by atoms with Crippen molar-refractivity contribution in [3.63, 3.8) is 0 Å². The van der Waals surface area contributed by atoms with Crippen molar-refractivity contribution in [2.45, 2.75) is 44.3 Å². The predicted octanol–water partition coefficient (Wildman–Crippen LogP) is 2.45. The van der Waals surface area contributed by atoms with Crippen LogP contribution in [0, 0.1) is 11.7 Å². The zero-order valence-corrected chi connectivity index (χ0v) is 11.7. The topological polar surface area (TPSA) is 43.7 Å². The Morgan fingerprint density at radius 3 is 2.95 bits per heavy atom. The minimum Gasteiger partial charge on any atom is -0.391 e. The molecule has 0 aromatic heterocycles. The quantitative estimate of drug-likeness (QED) is 0.874. The Morgan fingerprint density at radius 2 is 2.15 bits per heavy atom. The number of nitrogens with zero attached hydrogens (tertiary/aromatic N) is 1. The van der Waals surface area contributed by atoms with Gasteiger partial charge in [0, 0.05) is 30.3 Å². The molecule has 3 nitrogen and oxygen atoms in total. The number of benzene rings is 1. The van der Waals surface area contributed by atoms with Gasteiger partial charge in [-0.05, 0) is 31.4 Å². The molecule has 0 radical (unpaired) electrons. The molecule has 2 fully saturated rings. The van der Waals surface area contributed by atoms with E-state index in [9.17, 15) is 14.6 Å². The standard InChI is InChI=1S/C16H22FNO2/c17-14-5-3-6-15(13(14)11-19)18-9-8-16(20)7-2-1-4-12(16)10-18/h3,5-6,12,19-20H,1-2,4,7-11H2. The SMILES string of the molecule is OCc1c(F)cccc1N1CCC2(O)CCCCC2C1. The summed E-state index contributed by atoms with van der Waals surface area (Å²) >= 11 is 0. The molecule has 2 aliphatic rings. The molecule has 2 unspecified atom stereocenters. The number of aliphatic hydroxyl groups excluding tert-OH is 1. The van der Waals surface area contributed by atoms with Gasteiger partial charge in [0.05, 0.1) is 12.2 Å². The first-order valence-corrected chi connectivity index (χ1v) is 7.49. The summed E-state index contributed by atoms with van der Waals surface area (Å²) in [5.74, 6) is -0.0886. The number of hydrogen-bond acceptors (Lipinski definition) is 3. The Hall–Kier alpha value is -1.13. The average molecular weight is 279 g/mol. The number of fused-ring (bicyclic) bond motifs is 1. The van der Waals surface area contributed by atoms with Gasteiger partial charge in [0.25, 0.3) is 0 Å². The maximum absolute atomic E-state index is 13.8. The molecule has 3 rings (SSSR count). The molecule has 4 heteroatoms. The normalized spacial score (nSPS) is 30.1. The van der Waals surface area contributed by atoms with E-state index in [2.05, 4.69) is 4.90 Å². The van der Waals surface area contributed by atoms with Gasteiger partial charge in [0.2, 0.25) is 0 Å². The van der Waals surface area contributed by atoms with Crippen molar-refractivity contribution >= 4 is 5.69 Å². The number of anilines is 1. The Bertz CT molecular complexity index is 493. The second kappa shape index (κ2) is 5.34. The van der Waals surface area contributed by atoms with Crippen molar-refractivity contribution in [2.24, 2.45) is 5.92 Å². The number of piperidine rings is 1. The molecule has 1 saturated carbocycles. The summed E-state index contributed by atoms with van der Waals surface area (Å²) in [7, 11) is 0. The second-order valence-electron chi connectivity index (χ2n) is 6.14. The van der Waals surface area contributed by atoms with Crippen molar-refractivity contribution in [1.29, 1.82) is 0 Å². The van der Waals surface area contributed by atoms with Crippen LogP contribution in [0.5, 0.6) is 0 Å². The zero-order valence-electron chi connectivity index (χ0n) is 11.7. The molecule has 0 spiro atoms. The fraction of sp³-hybridized carbons (Fsp3) is 0.625. The molecular formula is C16H22FNO2. The third-order valence-electron chi connectivity index (χ3n) is 5.02. The van der Waals surface area contributed by atoms with Crippen LogP contribution in [-0.4, -0.2) is 28.9 Å². The van der Waals surface area contributed by atoms with E-state index >= 15 is 0 Å². The second-order valence-corrected chi connectivity index (χ2v) is 6.14. The third-order valence-corrected chi connectivity index (χ3v) is 5.02. The molecule has 1 saturated heterocycles. The van der Waals surface area contributed by atoms with Crippen molar-refractivity contribution in [1.82, 2.24) is 0 Å². The summed E-state index contributed by atoms with van der Waals surface area (Å²) in [4.78, 5) is 2.12. The highest BCUT2D eigenvalue weighted by Crippen LogP contribution is 2.41. The van der Waals surface area contributed by atoms with Crippen LogP contribution in [0.3, 0.4) is 0 Å². The van der Waals surface area contributed by atoms with Gasteiger partial charge in [0.1, 0.15) is 5.82 Å². The van der Waals surface area contributed by atoms with Crippen molar-refractivity contribution < 1.29 is 14.6 Å². The summed E-state index contributed by atoms with van der Waals surface area (Å²) in [6, 6.07) is 4.93. The minimum atomic E-state index is -0.526. The van der Waals surface area contributed by atoms with Crippen LogP contribution < -0.4 is 4.90 Å². The summed E-state index contributed by atoms with van der Waals surface area (Å²) in [6.07, 6.45) is 4.93. The maximum atomic E-state index is 13.8. The Labute approximate surface area is 119 Å². The number of rotatable bonds is 2. The van der Waals surface area contributed by atoms with Gasteiger partial charge >= 0.3 is 0 Å². The molecule has 1 aliphatic heterocycles. The monoisotopic (exact) mass is 279 g/mol. The molecule has 0 bridgehead atoms. The highest BCUT2D eigenvalue weighted by atomic mass is 19.1. The van der Waals surface area contributed by atoms with E-state index in [0.717, 1.165) is 50.9 Å². The molecule has 0 amide bonds. The zero-order chi connectivity index (χ0) is 14.2. The molecule has 1 aromatic carbocycles. The fourth-order valence-electron chi connectivity index (χ4n) is 3.79. The van der Waals surface area contributed by atoms with Crippen LogP contribution in [0.2, 0.25) is 0 Å². The van der Waals surface area contributed by atoms with Gasteiger partial charge in [-0.2, -0.15) is 0 Å². The summed E-state index contributed by atoms with van der Waals surface area (Å²) in [5, 5.41) is 20.1. The van der Waals surface area contributed by atoms with Crippen molar-refractivity contribution in [3.05, 3.63) is 29.6 Å². The lowest BCUT2D eigenvalue weighted by Gasteiger charge is -2.48. The van der Waals surface area contributed by atoms with Gasteiger partial charge in [-0.3, -0.25) is 0 Å². The van der Waals surface area contributed by atoms with Crippen LogP contribution >= 0.6 is 0 Å². The first kappa shape index (κ1) is 13.8. The van der Waals surface area contributed by atoms with Gasteiger partial charge in [-0.15, -0.1) is 0 Å². The number of hydrogen-bond donors (Lipinski definition) is 2. The molecule has 2 N–H and O–H groups in total. The van der Waals surface area contributed by atoms with E-state index in [4.69, 9.17) is 0 Å². The van der Waals surface area contributed by atoms with Crippen LogP contribution in [0.25, 0.3) is 0 Å². The fourth-order valence-corrected chi connectivity index (χ4v) is 3.79. The molecule has 1 aliphatic carbocycles. The van der Waals surface area contributed by atoms with Crippen molar-refractivity contribution in [2.75, 3.05) is 18.0 Å². The van der Waals surface area contributed by atoms with Crippen molar-refractivity contribution in [3.8, 4) is 0 Å². The van der Waals surface area contributed by atoms with Crippen LogP contribution in [0.1, 0.15) is 37.7 Å². The van der Waals surface area contributed by atoms with E-state index in [-0.39, 0.29) is 18.3 Å². The minimum absolute atomic E-state index is 0.264. The lowest BCUT2D eigenvalue weighted by atomic mass is 9.71.